The first-order valence-corrected chi connectivity index (χ1v) is 8.95. The molecule has 0 aliphatic heterocycles. The monoisotopic (exact) mass is 328 g/mol. The highest BCUT2D eigenvalue weighted by Gasteiger charge is 1.96. The summed E-state index contributed by atoms with van der Waals surface area (Å²) < 4.78 is 0. The average Bonchev–Trinajstić information content (AvgIpc) is 2.43. The Kier molecular flexibility index (Phi) is 6.45. The van der Waals surface area contributed by atoms with Crippen molar-refractivity contribution in [3.05, 3.63) is 69.7 Å². The van der Waals surface area contributed by atoms with Gasteiger partial charge in [-0.2, -0.15) is 0 Å². The fourth-order valence-corrected chi connectivity index (χ4v) is 3.79. The molecule has 19 heavy (non-hydrogen) atoms. The summed E-state index contributed by atoms with van der Waals surface area (Å²) in [6.07, 6.45) is 0. The minimum Gasteiger partial charge on any atom is -0.146 e. The molecule has 0 spiro atoms. The number of halogens is 2. The Hall–Kier alpha value is -0.280. The van der Waals surface area contributed by atoms with E-state index in [2.05, 4.69) is 24.3 Å². The summed E-state index contributed by atoms with van der Waals surface area (Å²) in [5.74, 6) is 2.07. The molecule has 2 aromatic rings. The lowest BCUT2D eigenvalue weighted by molar-refractivity contribution is 1.41. The van der Waals surface area contributed by atoms with Crippen LogP contribution >= 0.6 is 46.7 Å². The molecule has 0 amide bonds. The van der Waals surface area contributed by atoms with Gasteiger partial charge in [0, 0.05) is 26.6 Å². The summed E-state index contributed by atoms with van der Waals surface area (Å²) >= 11 is 15.6. The molecular formula is C15H14Cl2S2. The van der Waals surface area contributed by atoms with Crippen molar-refractivity contribution in [2.24, 2.45) is 0 Å². The highest BCUT2D eigenvalue weighted by molar-refractivity contribution is 8.15. The van der Waals surface area contributed by atoms with Crippen LogP contribution in [0.1, 0.15) is 11.1 Å². The van der Waals surface area contributed by atoms with E-state index in [0.29, 0.717) is 0 Å². The van der Waals surface area contributed by atoms with Crippen molar-refractivity contribution in [3.8, 4) is 0 Å². The second kappa shape index (κ2) is 8.11. The van der Waals surface area contributed by atoms with Gasteiger partial charge in [0.15, 0.2) is 0 Å². The van der Waals surface area contributed by atoms with Gasteiger partial charge in [0.1, 0.15) is 0 Å². The van der Waals surface area contributed by atoms with Crippen LogP contribution in [0.25, 0.3) is 0 Å². The van der Waals surface area contributed by atoms with Gasteiger partial charge < -0.3 is 0 Å². The molecule has 0 saturated carbocycles. The summed E-state index contributed by atoms with van der Waals surface area (Å²) in [5, 5.41) is 2.68. The van der Waals surface area contributed by atoms with Gasteiger partial charge in [-0.05, 0) is 35.4 Å². The maximum Gasteiger partial charge on any atom is 0.0406 e. The molecule has 0 radical (unpaired) electrons. The lowest BCUT2D eigenvalue weighted by Crippen LogP contribution is -1.83. The summed E-state index contributed by atoms with van der Waals surface area (Å²) in [4.78, 5) is 0. The van der Waals surface area contributed by atoms with E-state index in [-0.39, 0.29) is 0 Å². The zero-order chi connectivity index (χ0) is 13.5. The van der Waals surface area contributed by atoms with Crippen molar-refractivity contribution in [2.45, 2.75) is 11.5 Å². The number of hydrogen-bond acceptors (Lipinski definition) is 2. The van der Waals surface area contributed by atoms with E-state index in [1.807, 2.05) is 47.8 Å². The van der Waals surface area contributed by atoms with Crippen LogP contribution in [0.3, 0.4) is 0 Å². The summed E-state index contributed by atoms with van der Waals surface area (Å²) in [7, 11) is 0. The van der Waals surface area contributed by atoms with Crippen LogP contribution in [-0.2, 0) is 11.5 Å². The van der Waals surface area contributed by atoms with Gasteiger partial charge >= 0.3 is 0 Å². The molecule has 100 valence electrons. The Bertz CT molecular complexity index is 447. The molecule has 0 aliphatic rings. The molecular weight excluding hydrogens is 315 g/mol. The van der Waals surface area contributed by atoms with Crippen LogP contribution in [0.4, 0.5) is 0 Å². The standard InChI is InChI=1S/C15H14Cl2S2/c16-14-5-1-12(2-6-14)9-18-11-19-10-13-3-7-15(17)8-4-13/h1-8H,9-11H2. The maximum atomic E-state index is 5.85. The van der Waals surface area contributed by atoms with Crippen molar-refractivity contribution < 1.29 is 0 Å². The third-order valence-electron chi connectivity index (χ3n) is 2.53. The lowest BCUT2D eigenvalue weighted by atomic mass is 10.2. The van der Waals surface area contributed by atoms with E-state index in [1.54, 1.807) is 0 Å². The first-order chi connectivity index (χ1) is 9.24. The molecule has 0 heterocycles. The maximum absolute atomic E-state index is 5.85. The number of thioether (sulfide) groups is 2. The number of benzene rings is 2. The van der Waals surface area contributed by atoms with Crippen LogP contribution in [0.2, 0.25) is 10.0 Å². The minimum absolute atomic E-state index is 0.797. The Morgan fingerprint density at radius 3 is 1.37 bits per heavy atom. The average molecular weight is 329 g/mol. The Morgan fingerprint density at radius 2 is 1.00 bits per heavy atom. The van der Waals surface area contributed by atoms with Crippen molar-refractivity contribution >= 4 is 46.7 Å². The van der Waals surface area contributed by atoms with E-state index in [9.17, 15) is 0 Å². The third-order valence-corrected chi connectivity index (χ3v) is 5.44. The molecule has 4 heteroatoms. The molecule has 2 aromatic carbocycles. The SMILES string of the molecule is Clc1ccc(CSCSCc2ccc(Cl)cc2)cc1. The molecule has 0 bridgehead atoms. The van der Waals surface area contributed by atoms with Gasteiger partial charge in [-0.25, -0.2) is 0 Å². The largest absolute Gasteiger partial charge is 0.146 e. The van der Waals surface area contributed by atoms with Crippen molar-refractivity contribution in [2.75, 3.05) is 5.08 Å². The highest BCUT2D eigenvalue weighted by Crippen LogP contribution is 2.22. The zero-order valence-electron chi connectivity index (χ0n) is 10.3. The van der Waals surface area contributed by atoms with Crippen molar-refractivity contribution in [1.82, 2.24) is 0 Å². The fourth-order valence-electron chi connectivity index (χ4n) is 1.54. The van der Waals surface area contributed by atoms with Crippen LogP contribution < -0.4 is 0 Å². The predicted octanol–water partition coefficient (Wildman–Crippen LogP) is 6.12. The second-order valence-corrected chi connectivity index (χ2v) is 7.28. The van der Waals surface area contributed by atoms with Crippen molar-refractivity contribution in [3.63, 3.8) is 0 Å². The highest BCUT2D eigenvalue weighted by atomic mass is 35.5. The quantitative estimate of drug-likeness (QED) is 0.463. The van der Waals surface area contributed by atoms with Gasteiger partial charge in [0.25, 0.3) is 0 Å². The van der Waals surface area contributed by atoms with Crippen molar-refractivity contribution in [1.29, 1.82) is 0 Å². The van der Waals surface area contributed by atoms with E-state index in [0.717, 1.165) is 26.6 Å². The topological polar surface area (TPSA) is 0 Å². The van der Waals surface area contributed by atoms with Gasteiger partial charge in [0.05, 0.1) is 0 Å². The van der Waals surface area contributed by atoms with Gasteiger partial charge in [-0.1, -0.05) is 47.5 Å². The molecule has 0 aromatic heterocycles. The Morgan fingerprint density at radius 1 is 0.632 bits per heavy atom. The van der Waals surface area contributed by atoms with Crippen LogP contribution in [0.5, 0.6) is 0 Å². The minimum atomic E-state index is 0.797. The first kappa shape index (κ1) is 15.1. The molecule has 0 nitrogen and oxygen atoms in total. The summed E-state index contributed by atoms with van der Waals surface area (Å²) in [6, 6.07) is 16.1. The molecule has 0 aliphatic carbocycles. The normalized spacial score (nSPS) is 10.6. The lowest BCUT2D eigenvalue weighted by Gasteiger charge is -2.03. The molecule has 0 N–H and O–H groups in total. The molecule has 0 unspecified atom stereocenters. The molecule has 0 fully saturated rings. The Labute approximate surface area is 132 Å². The Balaban J connectivity index is 1.64. The van der Waals surface area contributed by atoms with Crippen LogP contribution in [0, 0.1) is 0 Å². The second-order valence-electron chi connectivity index (χ2n) is 4.07. The van der Waals surface area contributed by atoms with Gasteiger partial charge in [-0.3, -0.25) is 0 Å². The zero-order valence-corrected chi connectivity index (χ0v) is 13.5. The molecule has 0 atom stereocenters. The summed E-state index contributed by atoms with van der Waals surface area (Å²) in [6.45, 7) is 0. The number of hydrogen-bond donors (Lipinski definition) is 0. The van der Waals surface area contributed by atoms with E-state index in [4.69, 9.17) is 23.2 Å². The van der Waals surface area contributed by atoms with Gasteiger partial charge in [0.2, 0.25) is 0 Å². The molecule has 2 rings (SSSR count). The smallest absolute Gasteiger partial charge is 0.0406 e. The summed E-state index contributed by atoms with van der Waals surface area (Å²) in [5.41, 5.74) is 2.64. The van der Waals surface area contributed by atoms with Crippen LogP contribution in [-0.4, -0.2) is 5.08 Å². The predicted molar refractivity (Wildman–Crippen MR) is 90.4 cm³/mol. The third kappa shape index (κ3) is 5.70. The number of rotatable bonds is 6. The van der Waals surface area contributed by atoms with E-state index < -0.39 is 0 Å². The first-order valence-electron chi connectivity index (χ1n) is 5.88. The van der Waals surface area contributed by atoms with E-state index in [1.165, 1.54) is 11.1 Å². The molecule has 0 saturated heterocycles. The van der Waals surface area contributed by atoms with E-state index >= 15 is 0 Å². The fraction of sp³-hybridized carbons (Fsp3) is 0.200. The van der Waals surface area contributed by atoms with Crippen LogP contribution in [0.15, 0.2) is 48.5 Å². The van der Waals surface area contributed by atoms with Gasteiger partial charge in [-0.15, -0.1) is 23.5 Å².